The van der Waals surface area contributed by atoms with Gasteiger partial charge in [0.25, 0.3) is 0 Å². The maximum Gasteiger partial charge on any atom is 0.318 e. The van der Waals surface area contributed by atoms with E-state index in [2.05, 4.69) is 26.6 Å². The Morgan fingerprint density at radius 2 is 1.36 bits per heavy atom. The second-order valence-corrected chi connectivity index (χ2v) is 7.16. The van der Waals surface area contributed by atoms with E-state index in [0.29, 0.717) is 26.2 Å². The van der Waals surface area contributed by atoms with E-state index in [4.69, 9.17) is 0 Å². The molecule has 9 heteroatoms. The molecule has 9 nitrogen and oxygen atoms in total. The summed E-state index contributed by atoms with van der Waals surface area (Å²) in [6, 6.07) is 8.01. The Balaban J connectivity index is 2.13. The fourth-order valence-corrected chi connectivity index (χ4v) is 2.80. The quantitative estimate of drug-likeness (QED) is 0.518. The van der Waals surface area contributed by atoms with Crippen LogP contribution in [0.3, 0.4) is 0 Å². The van der Waals surface area contributed by atoms with Gasteiger partial charge in [-0.15, -0.1) is 0 Å². The summed E-state index contributed by atoms with van der Waals surface area (Å²) >= 11 is 0. The molecule has 1 fully saturated rings. The molecule has 0 saturated carbocycles. The molecule has 0 spiro atoms. The van der Waals surface area contributed by atoms with E-state index in [1.165, 1.54) is 0 Å². The zero-order valence-corrected chi connectivity index (χ0v) is 16.6. The van der Waals surface area contributed by atoms with Crippen molar-refractivity contribution in [3.05, 3.63) is 35.9 Å². The van der Waals surface area contributed by atoms with Gasteiger partial charge >= 0.3 is 18.1 Å². The summed E-state index contributed by atoms with van der Waals surface area (Å²) in [6.45, 7) is 6.82. The van der Waals surface area contributed by atoms with Crippen molar-refractivity contribution in [2.45, 2.75) is 45.4 Å². The number of hydrogen-bond acceptors (Lipinski definition) is 3. The van der Waals surface area contributed by atoms with E-state index >= 15 is 0 Å². The number of carbonyl (C=O) groups excluding carboxylic acids is 3. The Bertz CT molecular complexity index is 669. The molecule has 2 rings (SSSR count). The smallest absolute Gasteiger partial charge is 0.318 e. The van der Waals surface area contributed by atoms with Gasteiger partial charge in [-0.05, 0) is 26.3 Å². The van der Waals surface area contributed by atoms with Gasteiger partial charge in [0.15, 0.2) is 0 Å². The fraction of sp³-hybridized carbons (Fsp3) is 0.526. The number of nitrogens with one attached hydrogen (secondary N) is 5. The fourth-order valence-electron chi connectivity index (χ4n) is 2.80. The van der Waals surface area contributed by atoms with Crippen LogP contribution in [0, 0.1) is 0 Å². The van der Waals surface area contributed by atoms with Crippen molar-refractivity contribution < 1.29 is 14.4 Å². The van der Waals surface area contributed by atoms with Crippen molar-refractivity contribution in [1.29, 1.82) is 0 Å². The number of nitrogens with zero attached hydrogens (tertiary/aromatic N) is 1. The zero-order chi connectivity index (χ0) is 20.5. The van der Waals surface area contributed by atoms with E-state index < -0.39 is 0 Å². The molecule has 154 valence electrons. The predicted octanol–water partition coefficient (Wildman–Crippen LogP) is 0.976. The minimum atomic E-state index is -0.347. The largest absolute Gasteiger partial charge is 0.336 e. The van der Waals surface area contributed by atoms with E-state index in [9.17, 15) is 14.4 Å². The third kappa shape index (κ3) is 6.98. The Labute approximate surface area is 165 Å². The Morgan fingerprint density at radius 3 is 1.96 bits per heavy atom. The maximum atomic E-state index is 12.8. The second kappa shape index (κ2) is 10.4. The molecule has 5 N–H and O–H groups in total. The first-order valence-corrected chi connectivity index (χ1v) is 9.52. The zero-order valence-electron chi connectivity index (χ0n) is 16.6. The topological polar surface area (TPSA) is 115 Å². The Hall–Kier alpha value is -2.97. The number of rotatable bonds is 2. The van der Waals surface area contributed by atoms with E-state index in [1.807, 2.05) is 44.2 Å². The van der Waals surface area contributed by atoms with E-state index in [1.54, 1.807) is 11.8 Å². The first-order valence-electron chi connectivity index (χ1n) is 9.52. The molecule has 1 saturated heterocycles. The van der Waals surface area contributed by atoms with Gasteiger partial charge in [0.05, 0.1) is 0 Å². The van der Waals surface area contributed by atoms with Crippen molar-refractivity contribution in [2.24, 2.45) is 0 Å². The molecule has 28 heavy (non-hydrogen) atoms. The summed E-state index contributed by atoms with van der Waals surface area (Å²) in [6.07, 6.45) is 0. The van der Waals surface area contributed by atoms with Gasteiger partial charge in [0.1, 0.15) is 0 Å². The molecule has 6 amide bonds. The number of carbonyl (C=O) groups is 3. The van der Waals surface area contributed by atoms with Crippen LogP contribution in [0.1, 0.15) is 26.3 Å². The predicted molar refractivity (Wildman–Crippen MR) is 107 cm³/mol. The van der Waals surface area contributed by atoms with Crippen LogP contribution in [0.5, 0.6) is 0 Å². The van der Waals surface area contributed by atoms with Gasteiger partial charge in [-0.3, -0.25) is 0 Å². The third-order valence-corrected chi connectivity index (χ3v) is 4.43. The van der Waals surface area contributed by atoms with Crippen molar-refractivity contribution in [3.8, 4) is 0 Å². The van der Waals surface area contributed by atoms with Crippen LogP contribution in [0.15, 0.2) is 30.3 Å². The first-order chi connectivity index (χ1) is 13.3. The lowest BCUT2D eigenvalue weighted by Gasteiger charge is -2.30. The summed E-state index contributed by atoms with van der Waals surface area (Å²) in [5.41, 5.74) is 0.992. The molecule has 0 radical (unpaired) electrons. The van der Waals surface area contributed by atoms with Crippen LogP contribution in [-0.2, 0) is 6.54 Å². The molecule has 1 aliphatic heterocycles. The number of amides is 6. The maximum absolute atomic E-state index is 12.8. The standard InChI is InChI=1S/C19H30N6O3/c1-13-9-20-17(26)24-14(2)10-22-19(28)25(12-16-7-5-4-6-8-16)15(3)11-21-18(27)23-13/h4-8,13-15H,9-12H2,1-3H3,(H,22,28)(H2,20,24,26)(H2,21,23,27)/t13-,14?,15?/m0/s1. The summed E-state index contributed by atoms with van der Waals surface area (Å²) in [4.78, 5) is 38.5. The molecule has 0 aliphatic carbocycles. The van der Waals surface area contributed by atoms with Crippen LogP contribution < -0.4 is 26.6 Å². The number of benzene rings is 1. The van der Waals surface area contributed by atoms with Crippen molar-refractivity contribution in [2.75, 3.05) is 19.6 Å². The third-order valence-electron chi connectivity index (χ3n) is 4.43. The lowest BCUT2D eigenvalue weighted by atomic mass is 10.2. The molecule has 0 aromatic heterocycles. The van der Waals surface area contributed by atoms with Crippen LogP contribution in [0.25, 0.3) is 0 Å². The molecular weight excluding hydrogens is 360 g/mol. The van der Waals surface area contributed by atoms with Gasteiger partial charge in [0.2, 0.25) is 0 Å². The highest BCUT2D eigenvalue weighted by Gasteiger charge is 2.22. The van der Waals surface area contributed by atoms with Crippen molar-refractivity contribution in [1.82, 2.24) is 31.5 Å². The lowest BCUT2D eigenvalue weighted by Crippen LogP contribution is -2.52. The average Bonchev–Trinajstić information content (AvgIpc) is 2.67. The normalized spacial score (nSPS) is 25.2. The summed E-state index contributed by atoms with van der Waals surface area (Å²) in [7, 11) is 0. The van der Waals surface area contributed by atoms with Crippen LogP contribution in [0.2, 0.25) is 0 Å². The molecule has 1 aromatic rings. The average molecular weight is 390 g/mol. The highest BCUT2D eigenvalue weighted by atomic mass is 16.2. The molecule has 1 aromatic carbocycles. The Morgan fingerprint density at radius 1 is 0.821 bits per heavy atom. The highest BCUT2D eigenvalue weighted by molar-refractivity contribution is 5.77. The molecule has 0 bridgehead atoms. The molecule has 1 aliphatic rings. The molecule has 3 atom stereocenters. The molecule has 1 heterocycles. The van der Waals surface area contributed by atoms with Crippen molar-refractivity contribution >= 4 is 18.1 Å². The second-order valence-electron chi connectivity index (χ2n) is 7.16. The summed E-state index contributed by atoms with van der Waals surface area (Å²) in [5, 5.41) is 13.9. The van der Waals surface area contributed by atoms with Crippen LogP contribution in [-0.4, -0.2) is 60.8 Å². The minimum Gasteiger partial charge on any atom is -0.336 e. The van der Waals surface area contributed by atoms with E-state index in [0.717, 1.165) is 5.56 Å². The minimum absolute atomic E-state index is 0.227. The van der Waals surface area contributed by atoms with Gasteiger partial charge in [0, 0.05) is 44.3 Å². The van der Waals surface area contributed by atoms with Gasteiger partial charge in [-0.1, -0.05) is 30.3 Å². The summed E-state index contributed by atoms with van der Waals surface area (Å²) < 4.78 is 0. The SMILES string of the molecule is CC1CNC(=O)N(Cc2ccccc2)C(C)CNC(=O)N[C@@H](C)CNC(=O)N1. The number of hydrogen-bond donors (Lipinski definition) is 5. The van der Waals surface area contributed by atoms with Gasteiger partial charge in [-0.25, -0.2) is 14.4 Å². The lowest BCUT2D eigenvalue weighted by molar-refractivity contribution is 0.172. The van der Waals surface area contributed by atoms with Crippen molar-refractivity contribution in [3.63, 3.8) is 0 Å². The summed E-state index contributed by atoms with van der Waals surface area (Å²) in [5.74, 6) is 0. The molecule has 2 unspecified atom stereocenters. The van der Waals surface area contributed by atoms with Gasteiger partial charge in [-0.2, -0.15) is 0 Å². The van der Waals surface area contributed by atoms with Crippen LogP contribution >= 0.6 is 0 Å². The molecular formula is C19H30N6O3. The monoisotopic (exact) mass is 390 g/mol. The Kier molecular flexibility index (Phi) is 7.91. The number of urea groups is 3. The highest BCUT2D eigenvalue weighted by Crippen LogP contribution is 2.09. The first kappa shape index (κ1) is 21.3. The van der Waals surface area contributed by atoms with E-state index in [-0.39, 0.29) is 36.2 Å². The van der Waals surface area contributed by atoms with Gasteiger partial charge < -0.3 is 31.5 Å². The van der Waals surface area contributed by atoms with Crippen LogP contribution in [0.4, 0.5) is 14.4 Å².